The summed E-state index contributed by atoms with van der Waals surface area (Å²) in [6.07, 6.45) is 3.68. The molecule has 0 spiro atoms. The van der Waals surface area contributed by atoms with Crippen molar-refractivity contribution in [3.8, 4) is 0 Å². The van der Waals surface area contributed by atoms with Gasteiger partial charge in [-0.2, -0.15) is 5.10 Å². The Kier molecular flexibility index (Phi) is 5.11. The van der Waals surface area contributed by atoms with E-state index in [9.17, 15) is 4.79 Å². The second-order valence-electron chi connectivity index (χ2n) is 5.37. The highest BCUT2D eigenvalue weighted by Crippen LogP contribution is 2.15. The number of carbonyl (C=O) groups is 1. The standard InChI is InChI=1S/C16H22N4O/c1-13(12-20-11-7-10-17-20)18-15(16(21)19(2)3)14-8-5-4-6-9-14/h4-11,13,15,18H,12H2,1-3H3. The van der Waals surface area contributed by atoms with Crippen molar-refractivity contribution in [3.63, 3.8) is 0 Å². The molecule has 0 radical (unpaired) electrons. The Labute approximate surface area is 125 Å². The van der Waals surface area contributed by atoms with Crippen LogP contribution in [0.4, 0.5) is 0 Å². The van der Waals surface area contributed by atoms with Gasteiger partial charge in [0.1, 0.15) is 6.04 Å². The van der Waals surface area contributed by atoms with Gasteiger partial charge in [0, 0.05) is 32.5 Å². The van der Waals surface area contributed by atoms with Crippen LogP contribution >= 0.6 is 0 Å². The summed E-state index contributed by atoms with van der Waals surface area (Å²) >= 11 is 0. The lowest BCUT2D eigenvalue weighted by Crippen LogP contribution is -2.42. The van der Waals surface area contributed by atoms with Gasteiger partial charge < -0.3 is 4.90 Å². The van der Waals surface area contributed by atoms with Gasteiger partial charge in [0.15, 0.2) is 0 Å². The molecule has 2 aromatic rings. The van der Waals surface area contributed by atoms with Crippen molar-refractivity contribution in [2.45, 2.75) is 25.6 Å². The SMILES string of the molecule is CC(Cn1cccn1)NC(C(=O)N(C)C)c1ccccc1. The Balaban J connectivity index is 2.10. The molecule has 0 aliphatic rings. The van der Waals surface area contributed by atoms with E-state index in [2.05, 4.69) is 17.3 Å². The van der Waals surface area contributed by atoms with Crippen LogP contribution in [0.5, 0.6) is 0 Å². The first-order valence-electron chi connectivity index (χ1n) is 7.07. The fourth-order valence-corrected chi connectivity index (χ4v) is 2.24. The van der Waals surface area contributed by atoms with Crippen molar-refractivity contribution in [2.24, 2.45) is 0 Å². The fraction of sp³-hybridized carbons (Fsp3) is 0.375. The predicted molar refractivity (Wildman–Crippen MR) is 82.7 cm³/mol. The summed E-state index contributed by atoms with van der Waals surface area (Å²) in [7, 11) is 3.55. The first-order valence-corrected chi connectivity index (χ1v) is 7.07. The Hall–Kier alpha value is -2.14. The van der Waals surface area contributed by atoms with Crippen LogP contribution in [0.25, 0.3) is 0 Å². The molecule has 0 fully saturated rings. The van der Waals surface area contributed by atoms with E-state index in [4.69, 9.17) is 0 Å². The zero-order chi connectivity index (χ0) is 15.2. The molecule has 0 saturated carbocycles. The van der Waals surface area contributed by atoms with Gasteiger partial charge in [-0.1, -0.05) is 30.3 Å². The molecule has 0 saturated heterocycles. The smallest absolute Gasteiger partial charge is 0.243 e. The van der Waals surface area contributed by atoms with Crippen molar-refractivity contribution in [2.75, 3.05) is 14.1 Å². The minimum absolute atomic E-state index is 0.0496. The molecule has 0 aliphatic carbocycles. The van der Waals surface area contributed by atoms with E-state index < -0.39 is 0 Å². The molecule has 2 unspecified atom stereocenters. The largest absolute Gasteiger partial charge is 0.347 e. The van der Waals surface area contributed by atoms with Gasteiger partial charge in [-0.25, -0.2) is 0 Å². The molecule has 0 aliphatic heterocycles. The van der Waals surface area contributed by atoms with Crippen LogP contribution < -0.4 is 5.32 Å². The molecule has 1 aromatic carbocycles. The number of rotatable bonds is 6. The summed E-state index contributed by atoms with van der Waals surface area (Å²) in [6, 6.07) is 11.5. The van der Waals surface area contributed by atoms with Crippen molar-refractivity contribution < 1.29 is 4.79 Å². The summed E-state index contributed by atoms with van der Waals surface area (Å²) in [6.45, 7) is 2.78. The normalized spacial score (nSPS) is 13.7. The number of benzene rings is 1. The topological polar surface area (TPSA) is 50.2 Å². The summed E-state index contributed by atoms with van der Waals surface area (Å²) in [4.78, 5) is 14.0. The second kappa shape index (κ2) is 7.04. The van der Waals surface area contributed by atoms with Gasteiger partial charge in [0.2, 0.25) is 5.91 Å². The molecule has 5 heteroatoms. The number of nitrogens with zero attached hydrogens (tertiary/aromatic N) is 3. The van der Waals surface area contributed by atoms with E-state index in [1.54, 1.807) is 25.2 Å². The number of aromatic nitrogens is 2. The van der Waals surface area contributed by atoms with Crippen molar-refractivity contribution in [1.29, 1.82) is 0 Å². The third-order valence-corrected chi connectivity index (χ3v) is 3.29. The lowest BCUT2D eigenvalue weighted by molar-refractivity contribution is -0.131. The number of hydrogen-bond donors (Lipinski definition) is 1. The van der Waals surface area contributed by atoms with Crippen LogP contribution in [0, 0.1) is 0 Å². The van der Waals surface area contributed by atoms with Crippen LogP contribution in [-0.4, -0.2) is 40.7 Å². The van der Waals surface area contributed by atoms with Gasteiger partial charge in [-0.05, 0) is 18.6 Å². The minimum atomic E-state index is -0.341. The average molecular weight is 286 g/mol. The molecule has 21 heavy (non-hydrogen) atoms. The maximum atomic E-state index is 12.4. The van der Waals surface area contributed by atoms with E-state index in [-0.39, 0.29) is 18.0 Å². The van der Waals surface area contributed by atoms with E-state index in [0.717, 1.165) is 12.1 Å². The summed E-state index contributed by atoms with van der Waals surface area (Å²) in [5.41, 5.74) is 0.975. The Bertz CT molecular complexity index is 551. The molecule has 1 N–H and O–H groups in total. The molecule has 2 rings (SSSR count). The summed E-state index contributed by atoms with van der Waals surface area (Å²) < 4.78 is 1.86. The van der Waals surface area contributed by atoms with Crippen LogP contribution in [0.2, 0.25) is 0 Å². The van der Waals surface area contributed by atoms with Crippen LogP contribution in [-0.2, 0) is 11.3 Å². The molecule has 5 nitrogen and oxygen atoms in total. The lowest BCUT2D eigenvalue weighted by atomic mass is 10.0. The van der Waals surface area contributed by atoms with Crippen LogP contribution in [0.15, 0.2) is 48.8 Å². The van der Waals surface area contributed by atoms with Crippen molar-refractivity contribution in [3.05, 3.63) is 54.4 Å². The second-order valence-corrected chi connectivity index (χ2v) is 5.37. The number of likely N-dealkylation sites (N-methyl/N-ethyl adjacent to an activating group) is 1. The summed E-state index contributed by atoms with van der Waals surface area (Å²) in [5.74, 6) is 0.0496. The molecule has 112 valence electrons. The zero-order valence-corrected chi connectivity index (χ0v) is 12.7. The number of hydrogen-bond acceptors (Lipinski definition) is 3. The van der Waals surface area contributed by atoms with E-state index in [1.807, 2.05) is 47.3 Å². The maximum Gasteiger partial charge on any atom is 0.243 e. The Morgan fingerprint density at radius 2 is 2.00 bits per heavy atom. The van der Waals surface area contributed by atoms with Crippen molar-refractivity contribution >= 4 is 5.91 Å². The minimum Gasteiger partial charge on any atom is -0.347 e. The highest BCUT2D eigenvalue weighted by Gasteiger charge is 2.23. The Morgan fingerprint density at radius 3 is 2.57 bits per heavy atom. The predicted octanol–water partition coefficient (Wildman–Crippen LogP) is 1.69. The number of amides is 1. The zero-order valence-electron chi connectivity index (χ0n) is 12.7. The quantitative estimate of drug-likeness (QED) is 0.879. The van der Waals surface area contributed by atoms with Gasteiger partial charge in [0.25, 0.3) is 0 Å². The highest BCUT2D eigenvalue weighted by molar-refractivity contribution is 5.82. The fourth-order valence-electron chi connectivity index (χ4n) is 2.24. The van der Waals surface area contributed by atoms with Crippen molar-refractivity contribution in [1.82, 2.24) is 20.0 Å². The van der Waals surface area contributed by atoms with Crippen LogP contribution in [0.3, 0.4) is 0 Å². The Morgan fingerprint density at radius 1 is 1.29 bits per heavy atom. The van der Waals surface area contributed by atoms with Crippen LogP contribution in [0.1, 0.15) is 18.5 Å². The molecule has 1 aromatic heterocycles. The molecular formula is C16H22N4O. The number of carbonyl (C=O) groups excluding carboxylic acids is 1. The van der Waals surface area contributed by atoms with Gasteiger partial charge in [0.05, 0.1) is 6.54 Å². The molecule has 2 atom stereocenters. The van der Waals surface area contributed by atoms with E-state index in [0.29, 0.717) is 0 Å². The number of nitrogens with one attached hydrogen (secondary N) is 1. The monoisotopic (exact) mass is 286 g/mol. The summed E-state index contributed by atoms with van der Waals surface area (Å²) in [5, 5.41) is 7.60. The molecular weight excluding hydrogens is 264 g/mol. The molecule has 1 amide bonds. The third kappa shape index (κ3) is 4.16. The van der Waals surface area contributed by atoms with Gasteiger partial charge >= 0.3 is 0 Å². The van der Waals surface area contributed by atoms with Gasteiger partial charge in [-0.3, -0.25) is 14.8 Å². The average Bonchev–Trinajstić information content (AvgIpc) is 2.97. The van der Waals surface area contributed by atoms with E-state index in [1.165, 1.54) is 0 Å². The highest BCUT2D eigenvalue weighted by atomic mass is 16.2. The first kappa shape index (κ1) is 15.3. The lowest BCUT2D eigenvalue weighted by Gasteiger charge is -2.25. The molecule has 0 bridgehead atoms. The van der Waals surface area contributed by atoms with E-state index >= 15 is 0 Å². The first-order chi connectivity index (χ1) is 10.1. The van der Waals surface area contributed by atoms with Gasteiger partial charge in [-0.15, -0.1) is 0 Å². The third-order valence-electron chi connectivity index (χ3n) is 3.29. The molecule has 1 heterocycles. The maximum absolute atomic E-state index is 12.4.